The van der Waals surface area contributed by atoms with Crippen LogP contribution in [0, 0.1) is 0 Å². The zero-order valence-electron chi connectivity index (χ0n) is 25.6. The fourth-order valence-electron chi connectivity index (χ4n) is 7.00. The normalized spacial score (nSPS) is 21.2. The van der Waals surface area contributed by atoms with E-state index in [1.54, 1.807) is 6.08 Å². The average molecular weight is 603 g/mol. The van der Waals surface area contributed by atoms with Crippen LogP contribution in [0.25, 0.3) is 0 Å². The van der Waals surface area contributed by atoms with Crippen LogP contribution >= 0.6 is 0 Å². The molecule has 2 atom stereocenters. The van der Waals surface area contributed by atoms with Crippen molar-refractivity contribution in [2.24, 2.45) is 0 Å². The van der Waals surface area contributed by atoms with Gasteiger partial charge in [-0.1, -0.05) is 134 Å². The van der Waals surface area contributed by atoms with Crippen LogP contribution in [-0.2, 0) is 25.5 Å². The minimum absolute atomic E-state index is 0.284. The fraction of sp³-hybridized carbons (Fsp3) is 0.325. The number of ether oxygens (including phenoxy) is 2. The molecule has 1 saturated carbocycles. The number of carbonyl (C=O) groups is 1. The highest BCUT2D eigenvalue weighted by atomic mass is 16.8. The molecule has 2 N–H and O–H groups in total. The number of allylic oxidation sites excluding steroid dienone is 2. The third-order valence-electron chi connectivity index (χ3n) is 9.35. The number of rotatable bonds is 6. The molecule has 1 heterocycles. The van der Waals surface area contributed by atoms with E-state index in [1.165, 1.54) is 0 Å². The van der Waals surface area contributed by atoms with Crippen molar-refractivity contribution in [2.45, 2.75) is 80.6 Å². The molecule has 1 saturated heterocycles. The van der Waals surface area contributed by atoms with Crippen LogP contribution in [0.15, 0.2) is 133 Å². The van der Waals surface area contributed by atoms with Crippen molar-refractivity contribution in [1.29, 1.82) is 0 Å². The highest BCUT2D eigenvalue weighted by molar-refractivity contribution is 5.90. The molecule has 2 fully saturated rings. The SMILES string of the molecule is O=C1C=CCCC1.OC(c1ccccc1)(c1ccccc1)[C@H]1OC2(CCCCC2)O[C@@H]1C(O)(c1ccccc1)c1ccccc1. The molecule has 2 aliphatic carbocycles. The van der Waals surface area contributed by atoms with Gasteiger partial charge >= 0.3 is 0 Å². The van der Waals surface area contributed by atoms with Gasteiger partial charge in [0, 0.05) is 19.3 Å². The second kappa shape index (κ2) is 13.6. The molecular formula is C40H42O5. The highest BCUT2D eigenvalue weighted by Crippen LogP contribution is 2.53. The Hall–Kier alpha value is -3.87. The fourth-order valence-corrected chi connectivity index (χ4v) is 7.00. The van der Waals surface area contributed by atoms with Gasteiger partial charge in [-0.05, 0) is 54.0 Å². The summed E-state index contributed by atoms with van der Waals surface area (Å²) in [6.45, 7) is 0. The Labute approximate surface area is 266 Å². The van der Waals surface area contributed by atoms with Crippen LogP contribution < -0.4 is 0 Å². The van der Waals surface area contributed by atoms with Crippen LogP contribution in [0.2, 0.25) is 0 Å². The van der Waals surface area contributed by atoms with E-state index in [-0.39, 0.29) is 5.78 Å². The van der Waals surface area contributed by atoms with Crippen LogP contribution in [0.1, 0.15) is 73.6 Å². The van der Waals surface area contributed by atoms with Crippen molar-refractivity contribution < 1.29 is 24.5 Å². The lowest BCUT2D eigenvalue weighted by Crippen LogP contribution is -2.54. The lowest BCUT2D eigenvalue weighted by molar-refractivity contribution is -0.213. The Morgan fingerprint density at radius 1 is 0.556 bits per heavy atom. The third kappa shape index (κ3) is 6.31. The van der Waals surface area contributed by atoms with E-state index in [9.17, 15) is 15.0 Å². The van der Waals surface area contributed by atoms with E-state index >= 15 is 0 Å². The zero-order chi connectivity index (χ0) is 31.2. The molecule has 0 bridgehead atoms. The van der Waals surface area contributed by atoms with Gasteiger partial charge in [0.15, 0.2) is 11.6 Å². The Bertz CT molecular complexity index is 1370. The van der Waals surface area contributed by atoms with E-state index < -0.39 is 29.2 Å². The molecule has 4 aromatic rings. The second-order valence-corrected chi connectivity index (χ2v) is 12.3. The second-order valence-electron chi connectivity index (χ2n) is 12.3. The molecule has 5 heteroatoms. The number of aliphatic hydroxyl groups is 2. The molecule has 0 amide bonds. The maximum atomic E-state index is 12.9. The standard InChI is InChI=1S/C34H34O4.C6H8O/c35-33(26-16-6-1-7-17-26,27-18-8-2-9-19-27)30-31(38-32(37-30)24-14-5-15-25-32)34(36,28-20-10-3-11-21-28)29-22-12-4-13-23-29;7-6-4-2-1-3-5-6/h1-4,6-13,16-23,30-31,35-36H,5,14-15,24-25H2;2,4H,1,3,5H2/t30-,31-;/m0./s1. The highest BCUT2D eigenvalue weighted by Gasteiger charge is 2.63. The van der Waals surface area contributed by atoms with Gasteiger partial charge in [0.25, 0.3) is 0 Å². The summed E-state index contributed by atoms with van der Waals surface area (Å²) < 4.78 is 13.9. The van der Waals surface area contributed by atoms with E-state index in [1.807, 2.05) is 127 Å². The Morgan fingerprint density at radius 2 is 0.933 bits per heavy atom. The van der Waals surface area contributed by atoms with E-state index in [0.29, 0.717) is 22.3 Å². The maximum absolute atomic E-state index is 12.9. The smallest absolute Gasteiger partial charge is 0.169 e. The zero-order valence-corrected chi connectivity index (χ0v) is 25.6. The summed E-state index contributed by atoms with van der Waals surface area (Å²) in [4.78, 5) is 10.4. The maximum Gasteiger partial charge on any atom is 0.169 e. The van der Waals surface area contributed by atoms with Crippen molar-refractivity contribution in [3.05, 3.63) is 156 Å². The van der Waals surface area contributed by atoms with E-state index in [0.717, 1.165) is 51.4 Å². The monoisotopic (exact) mass is 602 g/mol. The average Bonchev–Trinajstić information content (AvgIpc) is 3.49. The predicted molar refractivity (Wildman–Crippen MR) is 175 cm³/mol. The van der Waals surface area contributed by atoms with Gasteiger partial charge in [-0.2, -0.15) is 0 Å². The molecule has 7 rings (SSSR count). The van der Waals surface area contributed by atoms with Gasteiger partial charge in [-0.3, -0.25) is 4.79 Å². The summed E-state index contributed by atoms with van der Waals surface area (Å²) in [7, 11) is 0. The van der Waals surface area contributed by atoms with Gasteiger partial charge in [0.2, 0.25) is 0 Å². The molecule has 5 nitrogen and oxygen atoms in total. The molecule has 0 aromatic heterocycles. The lowest BCUT2D eigenvalue weighted by atomic mass is 9.72. The molecule has 1 aliphatic heterocycles. The minimum Gasteiger partial charge on any atom is -0.378 e. The summed E-state index contributed by atoms with van der Waals surface area (Å²) in [5.74, 6) is -0.589. The third-order valence-corrected chi connectivity index (χ3v) is 9.35. The number of benzene rings is 4. The predicted octanol–water partition coefficient (Wildman–Crippen LogP) is 7.60. The molecule has 45 heavy (non-hydrogen) atoms. The summed E-state index contributed by atoms with van der Waals surface area (Å²) in [5.41, 5.74) is -0.373. The summed E-state index contributed by atoms with van der Waals surface area (Å²) in [6, 6.07) is 38.5. The molecule has 1 spiro atoms. The summed E-state index contributed by atoms with van der Waals surface area (Å²) in [6.07, 6.45) is 9.23. The first-order valence-electron chi connectivity index (χ1n) is 16.2. The first-order chi connectivity index (χ1) is 22.0. The topological polar surface area (TPSA) is 76.0 Å². The van der Waals surface area contributed by atoms with Gasteiger partial charge in [0.05, 0.1) is 0 Å². The Balaban J connectivity index is 0.000000452. The van der Waals surface area contributed by atoms with Crippen molar-refractivity contribution in [3.63, 3.8) is 0 Å². The number of ketones is 1. The molecule has 232 valence electrons. The summed E-state index contributed by atoms with van der Waals surface area (Å²) in [5, 5.41) is 25.8. The summed E-state index contributed by atoms with van der Waals surface area (Å²) >= 11 is 0. The number of hydrogen-bond donors (Lipinski definition) is 2. The van der Waals surface area contributed by atoms with Crippen LogP contribution in [0.4, 0.5) is 0 Å². The molecular weight excluding hydrogens is 560 g/mol. The Kier molecular flexibility index (Phi) is 9.43. The first kappa shape index (κ1) is 31.1. The van der Waals surface area contributed by atoms with E-state index in [4.69, 9.17) is 9.47 Å². The van der Waals surface area contributed by atoms with Gasteiger partial charge in [0.1, 0.15) is 23.4 Å². The van der Waals surface area contributed by atoms with Crippen LogP contribution in [0.5, 0.6) is 0 Å². The van der Waals surface area contributed by atoms with Crippen LogP contribution in [-0.4, -0.2) is 34.0 Å². The quantitative estimate of drug-likeness (QED) is 0.238. The van der Waals surface area contributed by atoms with Crippen molar-refractivity contribution in [2.75, 3.05) is 0 Å². The van der Waals surface area contributed by atoms with Crippen molar-refractivity contribution >= 4 is 5.78 Å². The molecule has 3 aliphatic rings. The van der Waals surface area contributed by atoms with Crippen molar-refractivity contribution in [3.8, 4) is 0 Å². The number of carbonyl (C=O) groups excluding carboxylic acids is 1. The van der Waals surface area contributed by atoms with Crippen LogP contribution in [0.3, 0.4) is 0 Å². The van der Waals surface area contributed by atoms with E-state index in [2.05, 4.69) is 0 Å². The number of hydrogen-bond acceptors (Lipinski definition) is 5. The van der Waals surface area contributed by atoms with Gasteiger partial charge in [-0.15, -0.1) is 0 Å². The lowest BCUT2D eigenvalue weighted by Gasteiger charge is -2.42. The first-order valence-corrected chi connectivity index (χ1v) is 16.2. The van der Waals surface area contributed by atoms with Crippen molar-refractivity contribution in [1.82, 2.24) is 0 Å². The Morgan fingerprint density at radius 3 is 1.22 bits per heavy atom. The molecule has 0 radical (unpaired) electrons. The van der Waals surface area contributed by atoms with Gasteiger partial charge < -0.3 is 19.7 Å². The minimum atomic E-state index is -1.58. The van der Waals surface area contributed by atoms with Gasteiger partial charge in [-0.25, -0.2) is 0 Å². The molecule has 4 aromatic carbocycles. The largest absolute Gasteiger partial charge is 0.378 e. The molecule has 0 unspecified atom stereocenters.